The Kier molecular flexibility index (Phi) is 4.34. The number of carbonyl (C=O) groups is 2. The first-order valence-corrected chi connectivity index (χ1v) is 11.7. The van der Waals surface area contributed by atoms with Crippen LogP contribution in [0.2, 0.25) is 0 Å². The molecule has 0 radical (unpaired) electrons. The summed E-state index contributed by atoms with van der Waals surface area (Å²) in [6.07, 6.45) is 7.32. The van der Waals surface area contributed by atoms with Gasteiger partial charge in [-0.05, 0) is 68.4 Å². The molecule has 0 N–H and O–H groups in total. The maximum absolute atomic E-state index is 13.6. The molecule has 0 spiro atoms. The average Bonchev–Trinajstić information content (AvgIpc) is 3.22. The SMILES string of the molecule is COc1cccc2cc(C(=O)N3CCN(C(=O)C45CC6CC(CC(C6)C4)C5)CC3)oc12. The standard InChI is InChI=1S/C25H30N2O4/c1-30-20-4-2-3-19-12-21(31-22(19)20)23(28)26-5-7-27(8-6-26)24(29)25-13-16-9-17(14-25)11-18(10-16)15-25/h2-4,12,16-18H,5-11,13-15H2,1H3. The van der Waals surface area contributed by atoms with Crippen LogP contribution < -0.4 is 4.74 Å². The maximum Gasteiger partial charge on any atom is 0.289 e. The molecule has 6 nitrogen and oxygen atoms in total. The van der Waals surface area contributed by atoms with Gasteiger partial charge in [-0.1, -0.05) is 12.1 Å². The third-order valence-corrected chi connectivity index (χ3v) is 8.28. The van der Waals surface area contributed by atoms with Crippen molar-refractivity contribution in [1.29, 1.82) is 0 Å². The summed E-state index contributed by atoms with van der Waals surface area (Å²) >= 11 is 0. The van der Waals surface area contributed by atoms with Crippen molar-refractivity contribution < 1.29 is 18.7 Å². The summed E-state index contributed by atoms with van der Waals surface area (Å²) < 4.78 is 11.2. The second-order valence-corrected chi connectivity index (χ2v) is 10.3. The minimum atomic E-state index is -0.111. The fourth-order valence-corrected chi connectivity index (χ4v) is 7.28. The monoisotopic (exact) mass is 422 g/mol. The number of rotatable bonds is 3. The van der Waals surface area contributed by atoms with Gasteiger partial charge in [0, 0.05) is 31.6 Å². The molecule has 31 heavy (non-hydrogen) atoms. The first kappa shape index (κ1) is 19.2. The maximum atomic E-state index is 13.6. The van der Waals surface area contributed by atoms with Gasteiger partial charge in [0.05, 0.1) is 12.5 Å². The van der Waals surface area contributed by atoms with Crippen molar-refractivity contribution in [2.75, 3.05) is 33.3 Å². The molecule has 2 aromatic rings. The molecular weight excluding hydrogens is 392 g/mol. The number of hydrogen-bond acceptors (Lipinski definition) is 4. The number of hydrogen-bond donors (Lipinski definition) is 0. The van der Waals surface area contributed by atoms with Gasteiger partial charge in [-0.3, -0.25) is 9.59 Å². The summed E-state index contributed by atoms with van der Waals surface area (Å²) in [5.41, 5.74) is 0.500. The van der Waals surface area contributed by atoms with Crippen molar-refractivity contribution in [3.05, 3.63) is 30.0 Å². The number of nitrogens with zero attached hydrogens (tertiary/aromatic N) is 2. The van der Waals surface area contributed by atoms with E-state index in [9.17, 15) is 9.59 Å². The lowest BCUT2D eigenvalue weighted by molar-refractivity contribution is -0.159. The van der Waals surface area contributed by atoms with E-state index in [1.807, 2.05) is 28.0 Å². The highest BCUT2D eigenvalue weighted by atomic mass is 16.5. The Morgan fingerprint density at radius 3 is 2.19 bits per heavy atom. The van der Waals surface area contributed by atoms with Crippen LogP contribution in [0, 0.1) is 23.2 Å². The Balaban J connectivity index is 1.14. The summed E-state index contributed by atoms with van der Waals surface area (Å²) in [5, 5.41) is 0.860. The molecule has 5 aliphatic rings. The van der Waals surface area contributed by atoms with Crippen molar-refractivity contribution in [2.45, 2.75) is 38.5 Å². The van der Waals surface area contributed by atoms with E-state index in [-0.39, 0.29) is 11.3 Å². The molecule has 7 rings (SSSR count). The highest BCUT2D eigenvalue weighted by molar-refractivity contribution is 5.97. The second kappa shape index (κ2) is 7.01. The van der Waals surface area contributed by atoms with Gasteiger partial charge in [0.1, 0.15) is 0 Å². The van der Waals surface area contributed by atoms with Crippen LogP contribution in [0.15, 0.2) is 28.7 Å². The Morgan fingerprint density at radius 2 is 1.58 bits per heavy atom. The Bertz CT molecular complexity index is 998. The Hall–Kier alpha value is -2.50. The zero-order valence-electron chi connectivity index (χ0n) is 18.1. The van der Waals surface area contributed by atoms with Gasteiger partial charge in [0.15, 0.2) is 17.1 Å². The van der Waals surface area contributed by atoms with E-state index in [1.54, 1.807) is 13.2 Å². The van der Waals surface area contributed by atoms with Gasteiger partial charge in [-0.25, -0.2) is 0 Å². The van der Waals surface area contributed by atoms with Crippen LogP contribution in [0.5, 0.6) is 5.75 Å². The predicted octanol–water partition coefficient (Wildman–Crippen LogP) is 3.94. The van der Waals surface area contributed by atoms with Crippen LogP contribution in [0.25, 0.3) is 11.0 Å². The second-order valence-electron chi connectivity index (χ2n) is 10.3. The van der Waals surface area contributed by atoms with Gasteiger partial charge < -0.3 is 19.0 Å². The lowest BCUT2D eigenvalue weighted by Crippen LogP contribution is -2.58. The van der Waals surface area contributed by atoms with Crippen LogP contribution in [-0.4, -0.2) is 54.9 Å². The van der Waals surface area contributed by atoms with E-state index >= 15 is 0 Å². The topological polar surface area (TPSA) is 63.0 Å². The molecule has 0 unspecified atom stereocenters. The number of furan rings is 1. The molecule has 164 valence electrons. The summed E-state index contributed by atoms with van der Waals surface area (Å²) in [6.45, 7) is 2.36. The summed E-state index contributed by atoms with van der Waals surface area (Å²) in [4.78, 5) is 30.5. The molecule has 2 amide bonds. The zero-order chi connectivity index (χ0) is 21.2. The molecule has 4 saturated carbocycles. The number of methoxy groups -OCH3 is 1. The number of piperazine rings is 1. The van der Waals surface area contributed by atoms with Gasteiger partial charge in [-0.15, -0.1) is 0 Å². The van der Waals surface area contributed by atoms with Crippen molar-refractivity contribution in [3.8, 4) is 5.75 Å². The van der Waals surface area contributed by atoms with Crippen LogP contribution >= 0.6 is 0 Å². The Labute approximate surface area is 182 Å². The molecule has 4 aliphatic carbocycles. The van der Waals surface area contributed by atoms with Gasteiger partial charge in [-0.2, -0.15) is 0 Å². The molecule has 1 aliphatic heterocycles. The summed E-state index contributed by atoms with van der Waals surface area (Å²) in [6, 6.07) is 7.42. The lowest BCUT2D eigenvalue weighted by atomic mass is 9.49. The normalized spacial score (nSPS) is 32.0. The summed E-state index contributed by atoms with van der Waals surface area (Å²) in [7, 11) is 1.60. The minimum absolute atomic E-state index is 0.101. The molecule has 4 bridgehead atoms. The van der Waals surface area contributed by atoms with E-state index in [1.165, 1.54) is 19.3 Å². The first-order chi connectivity index (χ1) is 15.0. The molecule has 5 fully saturated rings. The van der Waals surface area contributed by atoms with E-state index in [2.05, 4.69) is 0 Å². The van der Waals surface area contributed by atoms with Gasteiger partial charge in [0.2, 0.25) is 5.91 Å². The van der Waals surface area contributed by atoms with Crippen molar-refractivity contribution >= 4 is 22.8 Å². The molecule has 1 aromatic carbocycles. The number of para-hydroxylation sites is 1. The fourth-order valence-electron chi connectivity index (χ4n) is 7.28. The predicted molar refractivity (Wildman–Crippen MR) is 116 cm³/mol. The number of ether oxygens (including phenoxy) is 1. The smallest absolute Gasteiger partial charge is 0.289 e. The van der Waals surface area contributed by atoms with Crippen LogP contribution in [0.1, 0.15) is 49.1 Å². The third-order valence-electron chi connectivity index (χ3n) is 8.28. The molecule has 1 aromatic heterocycles. The molecule has 2 heterocycles. The molecule has 0 atom stereocenters. The van der Waals surface area contributed by atoms with Crippen LogP contribution in [0.3, 0.4) is 0 Å². The van der Waals surface area contributed by atoms with Crippen LogP contribution in [-0.2, 0) is 4.79 Å². The third kappa shape index (κ3) is 3.06. The number of benzene rings is 1. The largest absolute Gasteiger partial charge is 0.493 e. The van der Waals surface area contributed by atoms with E-state index in [0.29, 0.717) is 49.2 Å². The molecule has 6 heteroatoms. The van der Waals surface area contributed by atoms with Crippen molar-refractivity contribution in [2.24, 2.45) is 23.2 Å². The lowest BCUT2D eigenvalue weighted by Gasteiger charge is -2.57. The van der Waals surface area contributed by atoms with Gasteiger partial charge in [0.25, 0.3) is 5.91 Å². The quantitative estimate of drug-likeness (QED) is 0.752. The van der Waals surface area contributed by atoms with Gasteiger partial charge >= 0.3 is 0 Å². The molecule has 1 saturated heterocycles. The van der Waals surface area contributed by atoms with E-state index in [4.69, 9.17) is 9.15 Å². The van der Waals surface area contributed by atoms with Crippen molar-refractivity contribution in [1.82, 2.24) is 9.80 Å². The summed E-state index contributed by atoms with van der Waals surface area (Å²) in [5.74, 6) is 3.52. The number of amides is 2. The number of fused-ring (bicyclic) bond motifs is 1. The number of carbonyl (C=O) groups excluding carboxylic acids is 2. The fraction of sp³-hybridized carbons (Fsp3) is 0.600. The van der Waals surface area contributed by atoms with E-state index in [0.717, 1.165) is 42.4 Å². The molecular formula is C25H30N2O4. The minimum Gasteiger partial charge on any atom is -0.493 e. The van der Waals surface area contributed by atoms with E-state index < -0.39 is 0 Å². The zero-order valence-corrected chi connectivity index (χ0v) is 18.1. The first-order valence-electron chi connectivity index (χ1n) is 11.7. The van der Waals surface area contributed by atoms with Crippen LogP contribution in [0.4, 0.5) is 0 Å². The Morgan fingerprint density at radius 1 is 0.968 bits per heavy atom. The van der Waals surface area contributed by atoms with Crippen molar-refractivity contribution in [3.63, 3.8) is 0 Å². The highest BCUT2D eigenvalue weighted by Crippen LogP contribution is 2.60. The average molecular weight is 423 g/mol. The highest BCUT2D eigenvalue weighted by Gasteiger charge is 2.55.